The molecule has 20 heavy (non-hydrogen) atoms. The number of aliphatic hydroxyl groups is 1. The maximum Gasteiger partial charge on any atom is 0.128 e. The molecule has 0 heterocycles. The molecule has 0 amide bonds. The monoisotopic (exact) mass is 282 g/mol. The number of rotatable bonds is 4. The van der Waals surface area contributed by atoms with Crippen LogP contribution in [-0.2, 0) is 6.61 Å². The zero-order chi connectivity index (χ0) is 14.7. The van der Waals surface area contributed by atoms with Gasteiger partial charge in [0.25, 0.3) is 0 Å². The van der Waals surface area contributed by atoms with E-state index in [0.717, 1.165) is 24.3 Å². The number of halogens is 3. The van der Waals surface area contributed by atoms with Gasteiger partial charge < -0.3 is 9.84 Å². The normalized spacial score (nSPS) is 12.2. The quantitative estimate of drug-likeness (QED) is 0.925. The summed E-state index contributed by atoms with van der Waals surface area (Å²) < 4.78 is 44.6. The van der Waals surface area contributed by atoms with Gasteiger partial charge >= 0.3 is 0 Å². The van der Waals surface area contributed by atoms with E-state index in [2.05, 4.69) is 0 Å². The zero-order valence-electron chi connectivity index (χ0n) is 10.7. The van der Waals surface area contributed by atoms with Crippen molar-refractivity contribution in [2.45, 2.75) is 19.6 Å². The fourth-order valence-electron chi connectivity index (χ4n) is 1.83. The molecule has 0 spiro atoms. The number of hydrogen-bond donors (Lipinski definition) is 1. The molecular weight excluding hydrogens is 269 g/mol. The Morgan fingerprint density at radius 2 is 1.65 bits per heavy atom. The lowest BCUT2D eigenvalue weighted by atomic mass is 10.1. The Balaban J connectivity index is 2.20. The van der Waals surface area contributed by atoms with Crippen molar-refractivity contribution in [1.82, 2.24) is 0 Å². The average molecular weight is 282 g/mol. The topological polar surface area (TPSA) is 29.5 Å². The van der Waals surface area contributed by atoms with Crippen molar-refractivity contribution in [2.75, 3.05) is 0 Å². The van der Waals surface area contributed by atoms with Gasteiger partial charge in [-0.25, -0.2) is 13.2 Å². The van der Waals surface area contributed by atoms with Crippen LogP contribution in [0, 0.1) is 17.5 Å². The first-order chi connectivity index (χ1) is 9.45. The summed E-state index contributed by atoms with van der Waals surface area (Å²) >= 11 is 0. The molecule has 0 aliphatic heterocycles. The van der Waals surface area contributed by atoms with Gasteiger partial charge in [0.1, 0.15) is 29.8 Å². The van der Waals surface area contributed by atoms with Crippen molar-refractivity contribution in [2.24, 2.45) is 0 Å². The van der Waals surface area contributed by atoms with Crippen molar-refractivity contribution >= 4 is 0 Å². The lowest BCUT2D eigenvalue weighted by Crippen LogP contribution is -2.02. The van der Waals surface area contributed by atoms with Crippen molar-refractivity contribution in [3.05, 3.63) is 65.0 Å². The van der Waals surface area contributed by atoms with Crippen LogP contribution in [0.25, 0.3) is 0 Å². The molecule has 0 aromatic heterocycles. The van der Waals surface area contributed by atoms with Crippen LogP contribution in [-0.4, -0.2) is 5.11 Å². The molecule has 0 saturated carbocycles. The first kappa shape index (κ1) is 14.4. The minimum atomic E-state index is -0.838. The van der Waals surface area contributed by atoms with Crippen molar-refractivity contribution in [1.29, 1.82) is 0 Å². The van der Waals surface area contributed by atoms with Gasteiger partial charge in [-0.2, -0.15) is 0 Å². The molecule has 1 N–H and O–H groups in total. The van der Waals surface area contributed by atoms with E-state index in [0.29, 0.717) is 5.56 Å². The van der Waals surface area contributed by atoms with E-state index in [1.54, 1.807) is 0 Å². The highest BCUT2D eigenvalue weighted by atomic mass is 19.1. The van der Waals surface area contributed by atoms with Crippen molar-refractivity contribution in [3.8, 4) is 5.75 Å². The largest absolute Gasteiger partial charge is 0.488 e. The van der Waals surface area contributed by atoms with Gasteiger partial charge in [0.15, 0.2) is 0 Å². The average Bonchev–Trinajstić information content (AvgIpc) is 2.35. The fraction of sp³-hybridized carbons (Fsp3) is 0.200. The van der Waals surface area contributed by atoms with Crippen LogP contribution in [0.3, 0.4) is 0 Å². The second-order valence-corrected chi connectivity index (χ2v) is 4.42. The van der Waals surface area contributed by atoms with Crippen LogP contribution in [0.15, 0.2) is 36.4 Å². The molecule has 0 aliphatic carbocycles. The van der Waals surface area contributed by atoms with E-state index < -0.39 is 23.6 Å². The first-order valence-electron chi connectivity index (χ1n) is 6.01. The number of aliphatic hydroxyl groups excluding tert-OH is 1. The number of hydrogen-bond acceptors (Lipinski definition) is 2. The van der Waals surface area contributed by atoms with E-state index in [1.807, 2.05) is 0 Å². The summed E-state index contributed by atoms with van der Waals surface area (Å²) in [5.74, 6) is -1.79. The fourth-order valence-corrected chi connectivity index (χ4v) is 1.83. The van der Waals surface area contributed by atoms with Crippen molar-refractivity contribution < 1.29 is 23.0 Å². The second kappa shape index (κ2) is 5.96. The predicted molar refractivity (Wildman–Crippen MR) is 67.7 cm³/mol. The molecule has 0 fully saturated rings. The Bertz CT molecular complexity index is 592. The minimum absolute atomic E-state index is 0.127. The minimum Gasteiger partial charge on any atom is -0.488 e. The first-order valence-corrected chi connectivity index (χ1v) is 6.01. The standard InChI is InChI=1S/C15H13F3O2/c1-9(19)14-3-2-11(16)7-15(14)20-8-10-4-12(17)6-13(18)5-10/h2-7,9,19H,8H2,1H3/t9-/m0/s1. The molecule has 0 unspecified atom stereocenters. The molecule has 5 heteroatoms. The lowest BCUT2D eigenvalue weighted by Gasteiger charge is -2.13. The molecule has 2 aromatic rings. The van der Waals surface area contributed by atoms with E-state index in [-0.39, 0.29) is 17.9 Å². The molecule has 0 radical (unpaired) electrons. The smallest absolute Gasteiger partial charge is 0.128 e. The molecule has 0 aliphatic rings. The summed E-state index contributed by atoms with van der Waals surface area (Å²) in [6.07, 6.45) is -0.838. The van der Waals surface area contributed by atoms with Gasteiger partial charge in [0, 0.05) is 17.7 Å². The Kier molecular flexibility index (Phi) is 4.29. The number of benzene rings is 2. The van der Waals surface area contributed by atoms with Gasteiger partial charge in [0.05, 0.1) is 6.10 Å². The van der Waals surface area contributed by atoms with Crippen LogP contribution >= 0.6 is 0 Å². The second-order valence-electron chi connectivity index (χ2n) is 4.42. The van der Waals surface area contributed by atoms with Crippen LogP contribution in [0.5, 0.6) is 5.75 Å². The number of ether oxygens (including phenoxy) is 1. The molecule has 2 aromatic carbocycles. The highest BCUT2D eigenvalue weighted by Gasteiger charge is 2.11. The van der Waals surface area contributed by atoms with Crippen LogP contribution in [0.4, 0.5) is 13.2 Å². The van der Waals surface area contributed by atoms with Gasteiger partial charge in [-0.3, -0.25) is 0 Å². The predicted octanol–water partition coefficient (Wildman–Crippen LogP) is 3.74. The van der Waals surface area contributed by atoms with Gasteiger partial charge in [-0.1, -0.05) is 0 Å². The molecule has 0 bridgehead atoms. The third-order valence-electron chi connectivity index (χ3n) is 2.74. The molecule has 2 nitrogen and oxygen atoms in total. The highest BCUT2D eigenvalue weighted by Crippen LogP contribution is 2.27. The van der Waals surface area contributed by atoms with Gasteiger partial charge in [0.2, 0.25) is 0 Å². The Labute approximate surface area is 114 Å². The highest BCUT2D eigenvalue weighted by molar-refractivity contribution is 5.35. The maximum atomic E-state index is 13.2. The molecule has 106 valence electrons. The summed E-state index contributed by atoms with van der Waals surface area (Å²) in [5.41, 5.74) is 0.687. The van der Waals surface area contributed by atoms with Gasteiger partial charge in [-0.15, -0.1) is 0 Å². The molecular formula is C15H13F3O2. The van der Waals surface area contributed by atoms with E-state index in [4.69, 9.17) is 4.74 Å². The summed E-state index contributed by atoms with van der Waals surface area (Å²) in [6.45, 7) is 1.39. The van der Waals surface area contributed by atoms with Crippen LogP contribution in [0.2, 0.25) is 0 Å². The maximum absolute atomic E-state index is 13.2. The summed E-state index contributed by atoms with van der Waals surface area (Å²) in [5, 5.41) is 9.56. The third kappa shape index (κ3) is 3.51. The summed E-state index contributed by atoms with van der Waals surface area (Å²) in [6, 6.07) is 6.75. The van der Waals surface area contributed by atoms with Gasteiger partial charge in [-0.05, 0) is 36.8 Å². The lowest BCUT2D eigenvalue weighted by molar-refractivity contribution is 0.189. The Hall–Kier alpha value is -2.01. The van der Waals surface area contributed by atoms with E-state index in [9.17, 15) is 18.3 Å². The zero-order valence-corrected chi connectivity index (χ0v) is 10.7. The van der Waals surface area contributed by atoms with Crippen LogP contribution in [0.1, 0.15) is 24.2 Å². The van der Waals surface area contributed by atoms with E-state index in [1.165, 1.54) is 19.1 Å². The molecule has 2 rings (SSSR count). The Morgan fingerprint density at radius 1 is 1.00 bits per heavy atom. The van der Waals surface area contributed by atoms with Crippen LogP contribution < -0.4 is 4.74 Å². The third-order valence-corrected chi connectivity index (χ3v) is 2.74. The SMILES string of the molecule is C[C@H](O)c1ccc(F)cc1OCc1cc(F)cc(F)c1. The van der Waals surface area contributed by atoms with Crippen molar-refractivity contribution in [3.63, 3.8) is 0 Å². The summed E-state index contributed by atoms with van der Waals surface area (Å²) in [4.78, 5) is 0. The molecule has 0 saturated heterocycles. The Morgan fingerprint density at radius 3 is 2.25 bits per heavy atom. The van der Waals surface area contributed by atoms with E-state index >= 15 is 0 Å². The molecule has 1 atom stereocenters. The summed E-state index contributed by atoms with van der Waals surface area (Å²) in [7, 11) is 0.